The van der Waals surface area contributed by atoms with E-state index < -0.39 is 40.6 Å². The van der Waals surface area contributed by atoms with Gasteiger partial charge in [0.15, 0.2) is 0 Å². The summed E-state index contributed by atoms with van der Waals surface area (Å²) < 4.78 is 61.6. The van der Waals surface area contributed by atoms with Gasteiger partial charge in [0.2, 0.25) is 0 Å². The van der Waals surface area contributed by atoms with Crippen molar-refractivity contribution < 1.29 is 11.4 Å². The number of rotatable bonds is 2. The number of hydrogen-bond donors (Lipinski definition) is 0. The number of fused-ring (bicyclic) bond motifs is 8. The molecule has 182 valence electrons. The van der Waals surface area contributed by atoms with E-state index in [1.807, 2.05) is 30.3 Å². The fourth-order valence-corrected chi connectivity index (χ4v) is 12.4. The predicted octanol–water partition coefficient (Wildman–Crippen LogP) is 7.61. The molecular weight excluding hydrogens is 693 g/mol. The SMILES string of the molecule is CC1(C)c2ccccc2B2c3ccccc3-n3c4cccc(I(F)(F)=NI(F)F)c4c4ccc1c2c43. The van der Waals surface area contributed by atoms with Crippen molar-refractivity contribution in [1.82, 2.24) is 4.57 Å². The first-order valence-corrected chi connectivity index (χ1v) is 17.7. The van der Waals surface area contributed by atoms with Crippen LogP contribution in [0.15, 0.2) is 80.2 Å². The Kier molecular flexibility index (Phi) is 4.85. The van der Waals surface area contributed by atoms with Crippen molar-refractivity contribution in [2.24, 2.45) is 1.36 Å². The van der Waals surface area contributed by atoms with Gasteiger partial charge < -0.3 is 0 Å². The van der Waals surface area contributed by atoms with Gasteiger partial charge in [0.1, 0.15) is 0 Å². The maximum atomic E-state index is 15.3. The summed E-state index contributed by atoms with van der Waals surface area (Å²) in [6.07, 6.45) is 0. The number of aromatic nitrogens is 1. The van der Waals surface area contributed by atoms with Gasteiger partial charge in [-0.15, -0.1) is 0 Å². The Morgan fingerprint density at radius 3 is 2.33 bits per heavy atom. The predicted molar refractivity (Wildman–Crippen MR) is 158 cm³/mol. The quantitative estimate of drug-likeness (QED) is 0.100. The molecule has 0 atom stereocenters. The summed E-state index contributed by atoms with van der Waals surface area (Å²) in [5, 5.41) is 1.05. The third-order valence-corrected chi connectivity index (χ3v) is 15.7. The van der Waals surface area contributed by atoms with Crippen molar-refractivity contribution in [1.29, 1.82) is 0 Å². The first kappa shape index (κ1) is 22.9. The summed E-state index contributed by atoms with van der Waals surface area (Å²) in [6, 6.07) is 25.2. The molecule has 0 saturated carbocycles. The van der Waals surface area contributed by atoms with Gasteiger partial charge in [0.25, 0.3) is 0 Å². The normalized spacial score (nSPS) is 16.1. The monoisotopic (exact) mass is 712 g/mol. The molecule has 0 spiro atoms. The van der Waals surface area contributed by atoms with Crippen LogP contribution >= 0.6 is 40.6 Å². The minimum absolute atomic E-state index is 0.0372. The zero-order valence-electron chi connectivity index (χ0n) is 19.2. The number of para-hydroxylation sites is 1. The molecule has 0 fully saturated rings. The van der Waals surface area contributed by atoms with Crippen molar-refractivity contribution in [2.75, 3.05) is 0 Å². The Morgan fingerprint density at radius 2 is 1.56 bits per heavy atom. The first-order chi connectivity index (χ1) is 17.2. The average molecular weight is 712 g/mol. The summed E-state index contributed by atoms with van der Waals surface area (Å²) in [5.41, 5.74) is 8.04. The molecular formula is C27H19BF4I2N2. The van der Waals surface area contributed by atoms with Crippen molar-refractivity contribution in [3.63, 3.8) is 0 Å². The molecule has 2 aliphatic rings. The van der Waals surface area contributed by atoms with Crippen LogP contribution in [0.4, 0.5) is 11.4 Å². The summed E-state index contributed by atoms with van der Waals surface area (Å²) in [5.74, 6) is 0. The van der Waals surface area contributed by atoms with Gasteiger partial charge in [-0.1, -0.05) is 0 Å². The molecule has 36 heavy (non-hydrogen) atoms. The van der Waals surface area contributed by atoms with Gasteiger partial charge in [0.05, 0.1) is 0 Å². The molecule has 0 amide bonds. The van der Waals surface area contributed by atoms with E-state index in [0.29, 0.717) is 16.3 Å². The van der Waals surface area contributed by atoms with Crippen LogP contribution in [-0.2, 0) is 5.41 Å². The van der Waals surface area contributed by atoms with E-state index in [-0.39, 0.29) is 15.7 Å². The molecule has 0 saturated heterocycles. The number of hydrogen-bond acceptors (Lipinski definition) is 1. The fraction of sp³-hybridized carbons (Fsp3) is 0.111. The van der Waals surface area contributed by atoms with Crippen molar-refractivity contribution >= 4 is 85.6 Å². The Balaban J connectivity index is 1.72. The maximum absolute atomic E-state index is 15.3. The molecule has 0 aliphatic carbocycles. The molecule has 0 unspecified atom stereocenters. The molecule has 7 rings (SSSR count). The zero-order valence-corrected chi connectivity index (χ0v) is 23.6. The van der Waals surface area contributed by atoms with Gasteiger partial charge in [-0.05, 0) is 0 Å². The Hall–Kier alpha value is -2.28. The van der Waals surface area contributed by atoms with Crippen LogP contribution < -0.4 is 16.4 Å². The fourth-order valence-electron chi connectivity index (χ4n) is 6.39. The molecule has 0 radical (unpaired) electrons. The number of halogens is 6. The molecule has 9 heteroatoms. The van der Waals surface area contributed by atoms with Gasteiger partial charge >= 0.3 is 221 Å². The molecule has 0 N–H and O–H groups in total. The Labute approximate surface area is 220 Å². The van der Waals surface area contributed by atoms with E-state index in [2.05, 4.69) is 56.2 Å². The standard InChI is InChI=1S/C27H19BF4I2N2/c1-27(2)17-8-3-4-9-19(17)28-20-10-5-6-12-22(20)36-23-13-7-11-21(34(31,32)35-33(29)30)24(23)16-14-15-18(27)25(28)26(16)36/h3-15H,1-2H3. The molecule has 3 heterocycles. The number of benzene rings is 4. The van der Waals surface area contributed by atoms with Crippen molar-refractivity contribution in [2.45, 2.75) is 19.3 Å². The van der Waals surface area contributed by atoms with E-state index in [1.165, 1.54) is 17.1 Å². The van der Waals surface area contributed by atoms with Crippen LogP contribution in [0, 0.1) is 3.57 Å². The van der Waals surface area contributed by atoms with Crippen LogP contribution in [0.2, 0.25) is 0 Å². The van der Waals surface area contributed by atoms with Crippen LogP contribution in [0.5, 0.6) is 0 Å². The molecule has 5 aromatic rings. The number of nitrogens with zero attached hydrogens (tertiary/aromatic N) is 2. The molecule has 0 bridgehead atoms. The van der Waals surface area contributed by atoms with Crippen LogP contribution in [0.1, 0.15) is 25.0 Å². The molecule has 2 aliphatic heterocycles. The summed E-state index contributed by atoms with van der Waals surface area (Å²) in [4.78, 5) is 0. The van der Waals surface area contributed by atoms with Crippen LogP contribution in [-0.4, -0.2) is 11.3 Å². The summed E-state index contributed by atoms with van der Waals surface area (Å²) in [7, 11) is 0. The minimum atomic E-state index is -6.21. The van der Waals surface area contributed by atoms with Crippen LogP contribution in [0.3, 0.4) is 0 Å². The Bertz CT molecular complexity index is 1810. The topological polar surface area (TPSA) is 17.3 Å². The first-order valence-electron chi connectivity index (χ1n) is 11.4. The third-order valence-electron chi connectivity index (χ3n) is 7.71. The van der Waals surface area contributed by atoms with Crippen molar-refractivity contribution in [3.05, 3.63) is 93.6 Å². The second-order valence-electron chi connectivity index (χ2n) is 9.75. The zero-order chi connectivity index (χ0) is 25.0. The average Bonchev–Trinajstić information content (AvgIpc) is 3.19. The summed E-state index contributed by atoms with van der Waals surface area (Å²) >= 11 is -11.2. The van der Waals surface area contributed by atoms with Gasteiger partial charge in [-0.2, -0.15) is 0 Å². The van der Waals surface area contributed by atoms with Gasteiger partial charge in [-0.25, -0.2) is 0 Å². The van der Waals surface area contributed by atoms with E-state index in [0.717, 1.165) is 27.7 Å². The van der Waals surface area contributed by atoms with Crippen LogP contribution in [0.25, 0.3) is 27.5 Å². The van der Waals surface area contributed by atoms with Crippen molar-refractivity contribution in [3.8, 4) is 5.69 Å². The molecule has 4 aromatic carbocycles. The Morgan fingerprint density at radius 1 is 0.833 bits per heavy atom. The van der Waals surface area contributed by atoms with E-state index in [1.54, 1.807) is 6.07 Å². The molecule has 1 aromatic heterocycles. The van der Waals surface area contributed by atoms with E-state index in [9.17, 15) is 5.72 Å². The van der Waals surface area contributed by atoms with E-state index in [4.69, 9.17) is 0 Å². The van der Waals surface area contributed by atoms with Gasteiger partial charge in [-0.3, -0.25) is 0 Å². The van der Waals surface area contributed by atoms with E-state index >= 15 is 5.72 Å². The summed E-state index contributed by atoms with van der Waals surface area (Å²) in [6.45, 7) is 4.37. The third kappa shape index (κ3) is 2.89. The second kappa shape index (κ2) is 7.62. The second-order valence-corrected chi connectivity index (χ2v) is 17.1. The molecule has 2 nitrogen and oxygen atoms in total. The van der Waals surface area contributed by atoms with Gasteiger partial charge in [0, 0.05) is 0 Å².